The third-order valence-electron chi connectivity index (χ3n) is 4.19. The summed E-state index contributed by atoms with van der Waals surface area (Å²) in [6.07, 6.45) is 12.4. The van der Waals surface area contributed by atoms with Crippen molar-refractivity contribution in [3.05, 3.63) is 0 Å². The first kappa shape index (κ1) is 13.4. The zero-order chi connectivity index (χ0) is 12.8. The lowest BCUT2D eigenvalue weighted by atomic mass is 9.79. The number of terminal acetylenes is 1. The van der Waals surface area contributed by atoms with Gasteiger partial charge in [0.15, 0.2) is 0 Å². The minimum Gasteiger partial charge on any atom is -0.378 e. The van der Waals surface area contributed by atoms with Crippen molar-refractivity contribution in [2.75, 3.05) is 26.3 Å². The monoisotopic (exact) mass is 249 g/mol. The Morgan fingerprint density at radius 3 is 2.56 bits per heavy atom. The van der Waals surface area contributed by atoms with E-state index in [2.05, 4.69) is 5.92 Å². The molecule has 0 radical (unpaired) electrons. The summed E-state index contributed by atoms with van der Waals surface area (Å²) in [7, 11) is 0. The highest BCUT2D eigenvalue weighted by molar-refractivity contribution is 5.77. The van der Waals surface area contributed by atoms with Gasteiger partial charge in [-0.3, -0.25) is 4.79 Å². The second-order valence-electron chi connectivity index (χ2n) is 5.37. The summed E-state index contributed by atoms with van der Waals surface area (Å²) in [5, 5.41) is 0. The van der Waals surface area contributed by atoms with Crippen LogP contribution in [0.4, 0.5) is 0 Å². The lowest BCUT2D eigenvalue weighted by Crippen LogP contribution is -2.41. The molecule has 2 fully saturated rings. The molecule has 0 aromatic heterocycles. The Bertz CT molecular complexity index is 309. The van der Waals surface area contributed by atoms with Crippen LogP contribution in [0.25, 0.3) is 0 Å². The van der Waals surface area contributed by atoms with E-state index in [0.29, 0.717) is 25.6 Å². The number of rotatable bonds is 3. The van der Waals surface area contributed by atoms with Gasteiger partial charge in [0.2, 0.25) is 5.91 Å². The summed E-state index contributed by atoms with van der Waals surface area (Å²) in [5.41, 5.74) is 0. The molecule has 1 atom stereocenters. The fourth-order valence-corrected chi connectivity index (χ4v) is 3.03. The van der Waals surface area contributed by atoms with Crippen LogP contribution in [-0.2, 0) is 9.53 Å². The van der Waals surface area contributed by atoms with Crippen molar-refractivity contribution in [1.82, 2.24) is 4.90 Å². The molecule has 0 spiro atoms. The zero-order valence-electron chi connectivity index (χ0n) is 11.1. The second-order valence-corrected chi connectivity index (χ2v) is 5.37. The Kier molecular flexibility index (Phi) is 5.07. The quantitative estimate of drug-likeness (QED) is 0.717. The van der Waals surface area contributed by atoms with Gasteiger partial charge in [0.05, 0.1) is 13.2 Å². The molecule has 0 N–H and O–H groups in total. The molecule has 0 bridgehead atoms. The first-order chi connectivity index (χ1) is 8.81. The smallest absolute Gasteiger partial charge is 0.223 e. The number of hydrogen-bond acceptors (Lipinski definition) is 2. The van der Waals surface area contributed by atoms with Gasteiger partial charge < -0.3 is 9.64 Å². The van der Waals surface area contributed by atoms with Crippen molar-refractivity contribution in [3.8, 4) is 12.3 Å². The van der Waals surface area contributed by atoms with Gasteiger partial charge in [0, 0.05) is 25.4 Å². The van der Waals surface area contributed by atoms with Gasteiger partial charge in [-0.1, -0.05) is 19.3 Å². The van der Waals surface area contributed by atoms with E-state index >= 15 is 0 Å². The van der Waals surface area contributed by atoms with Crippen LogP contribution in [0.1, 0.15) is 38.5 Å². The summed E-state index contributed by atoms with van der Waals surface area (Å²) in [5.74, 6) is 3.78. The normalized spacial score (nSPS) is 23.4. The van der Waals surface area contributed by atoms with E-state index in [9.17, 15) is 4.79 Å². The number of hydrogen-bond donors (Lipinski definition) is 0. The van der Waals surface area contributed by atoms with Crippen LogP contribution in [0.5, 0.6) is 0 Å². The number of ether oxygens (including phenoxy) is 1. The Hall–Kier alpha value is -1.01. The molecule has 2 rings (SSSR count). The van der Waals surface area contributed by atoms with Crippen LogP contribution in [0.15, 0.2) is 0 Å². The third kappa shape index (κ3) is 3.49. The molecule has 0 aromatic carbocycles. The minimum atomic E-state index is 0.139. The molecule has 1 aliphatic carbocycles. The van der Waals surface area contributed by atoms with Gasteiger partial charge in [0.25, 0.3) is 0 Å². The van der Waals surface area contributed by atoms with Crippen molar-refractivity contribution in [2.45, 2.75) is 38.5 Å². The van der Waals surface area contributed by atoms with Gasteiger partial charge in [-0.2, -0.15) is 0 Å². The average Bonchev–Trinajstić information content (AvgIpc) is 2.46. The first-order valence-corrected chi connectivity index (χ1v) is 7.13. The molecule has 0 aromatic rings. The molecule has 3 heteroatoms. The molecule has 1 saturated heterocycles. The third-order valence-corrected chi connectivity index (χ3v) is 4.19. The summed E-state index contributed by atoms with van der Waals surface area (Å²) in [6.45, 7) is 2.77. The van der Waals surface area contributed by atoms with E-state index < -0.39 is 0 Å². The fourth-order valence-electron chi connectivity index (χ4n) is 3.03. The van der Waals surface area contributed by atoms with Crippen LogP contribution in [0.3, 0.4) is 0 Å². The molecule has 1 amide bonds. The predicted molar refractivity (Wildman–Crippen MR) is 70.9 cm³/mol. The van der Waals surface area contributed by atoms with E-state index in [4.69, 9.17) is 11.2 Å². The number of nitrogens with zero attached hydrogens (tertiary/aromatic N) is 1. The molecular formula is C15H23NO2. The highest BCUT2D eigenvalue weighted by Gasteiger charge is 2.26. The highest BCUT2D eigenvalue weighted by atomic mass is 16.5. The SMILES string of the molecule is C#C[C@@H](CC(=O)N1CCOCC1)C1CCCCC1. The van der Waals surface area contributed by atoms with E-state index in [0.717, 1.165) is 13.1 Å². The van der Waals surface area contributed by atoms with Gasteiger partial charge in [-0.05, 0) is 18.8 Å². The number of morpholine rings is 1. The maximum atomic E-state index is 12.2. The Balaban J connectivity index is 1.85. The molecule has 0 unspecified atom stereocenters. The number of amides is 1. The summed E-state index contributed by atoms with van der Waals surface area (Å²) in [4.78, 5) is 14.1. The predicted octanol–water partition coefficient (Wildman–Crippen LogP) is 2.06. The molecule has 1 aliphatic heterocycles. The molecular weight excluding hydrogens is 226 g/mol. The Labute approximate surface area is 110 Å². The largest absolute Gasteiger partial charge is 0.378 e. The van der Waals surface area contributed by atoms with Crippen molar-refractivity contribution in [2.24, 2.45) is 11.8 Å². The summed E-state index contributed by atoms with van der Waals surface area (Å²) >= 11 is 0. The standard InChI is InChI=1S/C15H23NO2/c1-2-13(14-6-4-3-5-7-14)12-15(17)16-8-10-18-11-9-16/h1,13-14H,3-12H2/t13-/m0/s1. The van der Waals surface area contributed by atoms with Crippen LogP contribution in [0.2, 0.25) is 0 Å². The van der Waals surface area contributed by atoms with E-state index in [1.807, 2.05) is 4.90 Å². The van der Waals surface area contributed by atoms with Gasteiger partial charge in [-0.15, -0.1) is 12.3 Å². The molecule has 100 valence electrons. The van der Waals surface area contributed by atoms with Crippen LogP contribution in [-0.4, -0.2) is 37.1 Å². The fraction of sp³-hybridized carbons (Fsp3) is 0.800. The van der Waals surface area contributed by atoms with E-state index in [1.165, 1.54) is 32.1 Å². The average molecular weight is 249 g/mol. The lowest BCUT2D eigenvalue weighted by Gasteiger charge is -2.30. The van der Waals surface area contributed by atoms with Gasteiger partial charge in [-0.25, -0.2) is 0 Å². The van der Waals surface area contributed by atoms with Crippen LogP contribution >= 0.6 is 0 Å². The number of carbonyl (C=O) groups excluding carboxylic acids is 1. The topological polar surface area (TPSA) is 29.5 Å². The maximum Gasteiger partial charge on any atom is 0.223 e. The van der Waals surface area contributed by atoms with E-state index in [1.54, 1.807) is 0 Å². The Morgan fingerprint density at radius 1 is 1.28 bits per heavy atom. The van der Waals surface area contributed by atoms with Crippen molar-refractivity contribution >= 4 is 5.91 Å². The summed E-state index contributed by atoms with van der Waals surface area (Å²) < 4.78 is 5.26. The van der Waals surface area contributed by atoms with Crippen molar-refractivity contribution in [3.63, 3.8) is 0 Å². The summed E-state index contributed by atoms with van der Waals surface area (Å²) in [6, 6.07) is 0. The minimum absolute atomic E-state index is 0.139. The highest BCUT2D eigenvalue weighted by Crippen LogP contribution is 2.31. The molecule has 18 heavy (non-hydrogen) atoms. The van der Waals surface area contributed by atoms with Gasteiger partial charge >= 0.3 is 0 Å². The zero-order valence-corrected chi connectivity index (χ0v) is 11.1. The first-order valence-electron chi connectivity index (χ1n) is 7.13. The van der Waals surface area contributed by atoms with E-state index in [-0.39, 0.29) is 11.8 Å². The molecule has 1 saturated carbocycles. The van der Waals surface area contributed by atoms with Crippen molar-refractivity contribution in [1.29, 1.82) is 0 Å². The second kappa shape index (κ2) is 6.80. The van der Waals surface area contributed by atoms with Gasteiger partial charge in [0.1, 0.15) is 0 Å². The molecule has 2 aliphatic rings. The maximum absolute atomic E-state index is 12.2. The van der Waals surface area contributed by atoms with Crippen molar-refractivity contribution < 1.29 is 9.53 Å². The molecule has 1 heterocycles. The molecule has 3 nitrogen and oxygen atoms in total. The van der Waals surface area contributed by atoms with Crippen LogP contribution in [0, 0.1) is 24.2 Å². The van der Waals surface area contributed by atoms with Crippen LogP contribution < -0.4 is 0 Å². The Morgan fingerprint density at radius 2 is 1.94 bits per heavy atom. The lowest BCUT2D eigenvalue weighted by molar-refractivity contribution is -0.136. The number of carbonyl (C=O) groups is 1.